The lowest BCUT2D eigenvalue weighted by Gasteiger charge is -2.38. The van der Waals surface area contributed by atoms with Crippen LogP contribution in [0, 0.1) is 0 Å². The molecule has 0 bridgehead atoms. The van der Waals surface area contributed by atoms with Gasteiger partial charge >= 0.3 is 0 Å². The minimum Gasteiger partial charge on any atom is -0.237 e. The van der Waals surface area contributed by atoms with Crippen molar-refractivity contribution < 1.29 is 0 Å². The summed E-state index contributed by atoms with van der Waals surface area (Å²) in [7, 11) is -8.46. The van der Waals surface area contributed by atoms with E-state index in [0.29, 0.717) is 0 Å². The predicted octanol–water partition coefficient (Wildman–Crippen LogP) is 2.31. The molecule has 0 aliphatic carbocycles. The maximum absolute atomic E-state index is 6.06. The van der Waals surface area contributed by atoms with Crippen LogP contribution < -0.4 is 0 Å². The fourth-order valence-corrected chi connectivity index (χ4v) is 25.5. The number of hydrogen-bond donors (Lipinski definition) is 0. The lowest BCUT2D eigenvalue weighted by atomic mass is 11.0. The Labute approximate surface area is 190 Å². The molecule has 32 heavy (non-hydrogen) atoms. The Morgan fingerprint density at radius 1 is 0.250 bits per heavy atom. The van der Waals surface area contributed by atoms with E-state index in [9.17, 15) is 0 Å². The van der Waals surface area contributed by atoms with Crippen LogP contribution in [0.3, 0.4) is 0 Å². The number of hydrogen-bond acceptors (Lipinski definition) is 12. The maximum Gasteiger partial charge on any atom is 0.221 e. The third-order valence-corrected chi connectivity index (χ3v) is 24.3. The van der Waals surface area contributed by atoms with Gasteiger partial charge in [-0.1, -0.05) is 0 Å². The average Bonchev–Trinajstić information content (AvgIpc) is 3.65. The van der Waals surface area contributed by atoms with Crippen LogP contribution >= 0.6 is 30.0 Å². The Bertz CT molecular complexity index is 856. The van der Waals surface area contributed by atoms with Crippen molar-refractivity contribution >= 4 is 30.0 Å². The van der Waals surface area contributed by atoms with Gasteiger partial charge < -0.3 is 0 Å². The van der Waals surface area contributed by atoms with Gasteiger partial charge in [-0.3, -0.25) is 0 Å². The summed E-state index contributed by atoms with van der Waals surface area (Å²) in [4.78, 5) is 0. The minimum atomic E-state index is -2.12. The first-order valence-electron chi connectivity index (χ1n) is 12.3. The van der Waals surface area contributed by atoms with Gasteiger partial charge in [0.1, 0.15) is 0 Å². The lowest BCUT2D eigenvalue weighted by molar-refractivity contribution is 0.732. The minimum absolute atomic E-state index is 1.15. The quantitative estimate of drug-likeness (QED) is 0.360. The standard InChI is InChI=1S/C16H32N12P4/c1-2-21(1)29(22-3-4-22)17-30(23-5-6-23,24-7-8-24)19-32(27-13-14-27,28-15-16-28)20-31(18-29,25-9-10-25)26-11-12-26/h1-16H2. The van der Waals surface area contributed by atoms with E-state index in [0.717, 1.165) is 105 Å². The summed E-state index contributed by atoms with van der Waals surface area (Å²) in [6.45, 7) is 18.4. The molecule has 12 nitrogen and oxygen atoms in total. The van der Waals surface area contributed by atoms with Gasteiger partial charge in [-0.2, -0.15) is 18.1 Å². The van der Waals surface area contributed by atoms with Crippen molar-refractivity contribution in [2.75, 3.05) is 105 Å². The molecule has 0 atom stereocenters. The molecule has 0 amide bonds. The van der Waals surface area contributed by atoms with E-state index in [-0.39, 0.29) is 0 Å². The van der Waals surface area contributed by atoms with Crippen molar-refractivity contribution in [1.29, 1.82) is 0 Å². The van der Waals surface area contributed by atoms with Gasteiger partial charge in [0.2, 0.25) is 30.0 Å². The summed E-state index contributed by atoms with van der Waals surface area (Å²) in [5, 5.41) is 0. The van der Waals surface area contributed by atoms with Crippen LogP contribution in [0.25, 0.3) is 0 Å². The van der Waals surface area contributed by atoms with E-state index >= 15 is 0 Å². The zero-order valence-corrected chi connectivity index (χ0v) is 22.0. The van der Waals surface area contributed by atoms with Crippen molar-refractivity contribution in [3.8, 4) is 0 Å². The lowest BCUT2D eigenvalue weighted by Crippen LogP contribution is -2.14. The smallest absolute Gasteiger partial charge is 0.221 e. The molecule has 9 aliphatic rings. The largest absolute Gasteiger partial charge is 0.237 e. The molecule has 9 heterocycles. The maximum atomic E-state index is 6.06. The van der Waals surface area contributed by atoms with Crippen molar-refractivity contribution in [2.45, 2.75) is 0 Å². The Kier molecular flexibility index (Phi) is 3.88. The van der Waals surface area contributed by atoms with Crippen molar-refractivity contribution in [2.24, 2.45) is 18.1 Å². The molecule has 8 fully saturated rings. The van der Waals surface area contributed by atoms with Crippen LogP contribution in [0.1, 0.15) is 0 Å². The molecule has 0 aromatic carbocycles. The fourth-order valence-electron chi connectivity index (χ4n) is 4.84. The van der Waals surface area contributed by atoms with Crippen LogP contribution in [0.15, 0.2) is 18.1 Å². The normalized spacial score (nSPS) is 39.5. The zero-order chi connectivity index (χ0) is 20.8. The molecule has 0 radical (unpaired) electrons. The van der Waals surface area contributed by atoms with Gasteiger partial charge in [-0.15, -0.1) is 0 Å². The van der Waals surface area contributed by atoms with Gasteiger partial charge in [-0.25, -0.2) is 37.4 Å². The fraction of sp³-hybridized carbons (Fsp3) is 1.00. The molecule has 9 aliphatic heterocycles. The van der Waals surface area contributed by atoms with Crippen molar-refractivity contribution in [3.63, 3.8) is 0 Å². The molecular weight excluding hydrogens is 484 g/mol. The summed E-state index contributed by atoms with van der Waals surface area (Å²) in [5.74, 6) is 0. The molecule has 0 saturated carbocycles. The predicted molar refractivity (Wildman–Crippen MR) is 130 cm³/mol. The molecule has 0 aromatic rings. The highest BCUT2D eigenvalue weighted by atomic mass is 31.3. The van der Waals surface area contributed by atoms with Gasteiger partial charge in [0.25, 0.3) is 0 Å². The van der Waals surface area contributed by atoms with Crippen molar-refractivity contribution in [1.82, 2.24) is 37.4 Å². The van der Waals surface area contributed by atoms with E-state index in [1.54, 1.807) is 0 Å². The van der Waals surface area contributed by atoms with Crippen LogP contribution in [0.4, 0.5) is 0 Å². The summed E-state index contributed by atoms with van der Waals surface area (Å²) < 4.78 is 45.3. The highest BCUT2D eigenvalue weighted by Crippen LogP contribution is 2.88. The van der Waals surface area contributed by atoms with E-state index in [1.807, 2.05) is 0 Å². The number of nitrogens with zero attached hydrogens (tertiary/aromatic N) is 12. The monoisotopic (exact) mass is 516 g/mol. The summed E-state index contributed by atoms with van der Waals surface area (Å²) in [5.41, 5.74) is 0. The molecule has 16 heteroatoms. The average molecular weight is 516 g/mol. The molecule has 9 rings (SSSR count). The van der Waals surface area contributed by atoms with E-state index in [2.05, 4.69) is 37.4 Å². The van der Waals surface area contributed by atoms with Gasteiger partial charge in [-0.05, 0) is 0 Å². The molecule has 0 N–H and O–H groups in total. The summed E-state index contributed by atoms with van der Waals surface area (Å²) in [6.07, 6.45) is 0. The highest BCUT2D eigenvalue weighted by molar-refractivity contribution is 7.83. The molecule has 0 unspecified atom stereocenters. The van der Waals surface area contributed by atoms with Crippen LogP contribution in [0.5, 0.6) is 0 Å². The third kappa shape index (κ3) is 2.87. The first kappa shape index (κ1) is 19.7. The summed E-state index contributed by atoms with van der Waals surface area (Å²) >= 11 is 0. The summed E-state index contributed by atoms with van der Waals surface area (Å²) in [6, 6.07) is 0. The van der Waals surface area contributed by atoms with E-state index < -0.39 is 30.0 Å². The molecule has 176 valence electrons. The Morgan fingerprint density at radius 2 is 0.375 bits per heavy atom. The number of rotatable bonds is 8. The Balaban J connectivity index is 1.41. The first-order valence-corrected chi connectivity index (χ1v) is 18.7. The second kappa shape index (κ2) is 6.29. The molecule has 0 spiro atoms. The van der Waals surface area contributed by atoms with Crippen molar-refractivity contribution in [3.05, 3.63) is 0 Å². The zero-order valence-electron chi connectivity index (χ0n) is 18.5. The second-order valence-corrected chi connectivity index (χ2v) is 21.8. The molecule has 8 saturated heterocycles. The second-order valence-electron chi connectivity index (χ2n) is 10.1. The molecular formula is C16H32N12P4. The topological polar surface area (TPSA) is 73.5 Å². The van der Waals surface area contributed by atoms with Gasteiger partial charge in [0.05, 0.1) is 0 Å². The van der Waals surface area contributed by atoms with Crippen LogP contribution in [-0.2, 0) is 0 Å². The van der Waals surface area contributed by atoms with Crippen LogP contribution in [0.2, 0.25) is 0 Å². The van der Waals surface area contributed by atoms with Gasteiger partial charge in [0.15, 0.2) is 0 Å². The van der Waals surface area contributed by atoms with E-state index in [1.165, 1.54) is 0 Å². The third-order valence-electron chi connectivity index (χ3n) is 7.38. The molecule has 0 aromatic heterocycles. The van der Waals surface area contributed by atoms with Crippen LogP contribution in [-0.4, -0.2) is 142 Å². The van der Waals surface area contributed by atoms with Gasteiger partial charge in [0, 0.05) is 105 Å². The van der Waals surface area contributed by atoms with E-state index in [4.69, 9.17) is 18.1 Å². The first-order chi connectivity index (χ1) is 15.7. The Morgan fingerprint density at radius 3 is 0.469 bits per heavy atom. The highest BCUT2D eigenvalue weighted by Gasteiger charge is 2.60. The SMILES string of the molecule is C1CN1P1(N2CC2)=NP(N2CC2)(N2CC2)=NP(N2CC2)(N2CC2)=NP(N2CC2)(N2CC2)=N1. The Hall–Kier alpha value is 0.600.